The molecule has 7 heavy (non-hydrogen) atoms. The van der Waals surface area contributed by atoms with Crippen molar-refractivity contribution in [2.75, 3.05) is 0 Å². The molecule has 0 fully saturated rings. The van der Waals surface area contributed by atoms with Crippen molar-refractivity contribution in [2.45, 2.75) is 0 Å². The molecule has 0 aromatic rings. The van der Waals surface area contributed by atoms with Gasteiger partial charge in [-0.25, -0.2) is 0 Å². The lowest BCUT2D eigenvalue weighted by molar-refractivity contribution is -0.108. The van der Waals surface area contributed by atoms with Crippen molar-refractivity contribution >= 4 is 6.29 Å². The molecule has 1 nitrogen and oxygen atoms in total. The highest BCUT2D eigenvalue weighted by Crippen LogP contribution is 2.03. The Hall–Kier alpha value is -0.850. The van der Waals surface area contributed by atoms with Crippen molar-refractivity contribution in [3.63, 3.8) is 0 Å². The number of hydrogen-bond acceptors (Lipinski definition) is 1. The summed E-state index contributed by atoms with van der Waals surface area (Å²) in [6.07, 6.45) is 8.37. The molecule has 0 radical (unpaired) electrons. The van der Waals surface area contributed by atoms with Crippen LogP contribution in [-0.4, -0.2) is 6.29 Å². The van der Waals surface area contributed by atoms with Gasteiger partial charge in [-0.2, -0.15) is 0 Å². The summed E-state index contributed by atoms with van der Waals surface area (Å²) in [5, 5.41) is 0. The molecule has 0 aromatic heterocycles. The Labute approximate surface area is 42.3 Å². The third kappa shape index (κ3) is 0.769. The number of carbonyl (C=O) groups is 1. The van der Waals surface area contributed by atoms with E-state index in [-0.39, 0.29) is 5.92 Å². The maximum absolute atomic E-state index is 9.90. The van der Waals surface area contributed by atoms with Crippen LogP contribution in [0.3, 0.4) is 0 Å². The zero-order valence-corrected chi connectivity index (χ0v) is 3.87. The van der Waals surface area contributed by atoms with Crippen LogP contribution in [0, 0.1) is 5.92 Å². The molecule has 0 amide bonds. The maximum Gasteiger partial charge on any atom is 0.130 e. The standard InChI is InChI=1S/C6H6O/c7-5-6-3-1-2-4-6/h1-6H. The van der Waals surface area contributed by atoms with Crippen molar-refractivity contribution < 1.29 is 4.79 Å². The van der Waals surface area contributed by atoms with Crippen molar-refractivity contribution in [1.82, 2.24) is 0 Å². The lowest BCUT2D eigenvalue weighted by atomic mass is 10.2. The van der Waals surface area contributed by atoms with Gasteiger partial charge in [-0.1, -0.05) is 24.3 Å². The molecule has 0 heterocycles. The third-order valence-electron chi connectivity index (χ3n) is 0.935. The topological polar surface area (TPSA) is 17.1 Å². The molecule has 36 valence electrons. The first-order chi connectivity index (χ1) is 3.43. The van der Waals surface area contributed by atoms with Gasteiger partial charge in [-0.15, -0.1) is 0 Å². The zero-order valence-electron chi connectivity index (χ0n) is 3.87. The Morgan fingerprint density at radius 2 is 1.86 bits per heavy atom. The van der Waals surface area contributed by atoms with Gasteiger partial charge in [0.05, 0.1) is 5.92 Å². The summed E-state index contributed by atoms with van der Waals surface area (Å²) in [5.41, 5.74) is 0. The van der Waals surface area contributed by atoms with E-state index >= 15 is 0 Å². The van der Waals surface area contributed by atoms with Gasteiger partial charge in [0.2, 0.25) is 0 Å². The molecule has 1 heteroatoms. The number of aldehydes is 1. The fourth-order valence-electron chi connectivity index (χ4n) is 0.540. The van der Waals surface area contributed by atoms with Gasteiger partial charge in [-0.05, 0) is 0 Å². The van der Waals surface area contributed by atoms with Crippen LogP contribution < -0.4 is 0 Å². The van der Waals surface area contributed by atoms with Crippen LogP contribution in [0.1, 0.15) is 0 Å². The first-order valence-electron chi connectivity index (χ1n) is 2.24. The summed E-state index contributed by atoms with van der Waals surface area (Å²) in [4.78, 5) is 9.90. The Morgan fingerprint density at radius 3 is 2.14 bits per heavy atom. The molecule has 0 saturated carbocycles. The SMILES string of the molecule is O=CC1C=CC=C1. The van der Waals surface area contributed by atoms with Crippen molar-refractivity contribution in [3.05, 3.63) is 24.3 Å². The summed E-state index contributed by atoms with van der Waals surface area (Å²) < 4.78 is 0. The molecule has 1 rings (SSSR count). The Kier molecular flexibility index (Phi) is 1.07. The van der Waals surface area contributed by atoms with E-state index in [1.54, 1.807) is 0 Å². The first kappa shape index (κ1) is 4.31. The highest BCUT2D eigenvalue weighted by atomic mass is 16.1. The van der Waals surface area contributed by atoms with E-state index in [0.29, 0.717) is 0 Å². The lowest BCUT2D eigenvalue weighted by Crippen LogP contribution is -1.86. The molecule has 0 unspecified atom stereocenters. The average molecular weight is 94.1 g/mol. The molecule has 0 N–H and O–H groups in total. The highest BCUT2D eigenvalue weighted by Gasteiger charge is 1.97. The van der Waals surface area contributed by atoms with E-state index in [4.69, 9.17) is 0 Å². The van der Waals surface area contributed by atoms with E-state index in [1.807, 2.05) is 24.3 Å². The smallest absolute Gasteiger partial charge is 0.130 e. The summed E-state index contributed by atoms with van der Waals surface area (Å²) in [6.45, 7) is 0. The highest BCUT2D eigenvalue weighted by molar-refractivity contribution is 5.61. The average Bonchev–Trinajstić information content (AvgIpc) is 2.14. The van der Waals surface area contributed by atoms with Gasteiger partial charge < -0.3 is 4.79 Å². The molecule has 0 aromatic carbocycles. The first-order valence-corrected chi connectivity index (χ1v) is 2.24. The fraction of sp³-hybridized carbons (Fsp3) is 0.167. The Balaban J connectivity index is 2.59. The molecule has 1 aliphatic rings. The quantitative estimate of drug-likeness (QED) is 0.442. The van der Waals surface area contributed by atoms with Gasteiger partial charge in [0.15, 0.2) is 0 Å². The van der Waals surface area contributed by atoms with E-state index in [2.05, 4.69) is 0 Å². The zero-order chi connectivity index (χ0) is 5.11. The number of allylic oxidation sites excluding steroid dienone is 4. The van der Waals surface area contributed by atoms with Crippen LogP contribution in [0.25, 0.3) is 0 Å². The number of hydrogen-bond donors (Lipinski definition) is 0. The van der Waals surface area contributed by atoms with E-state index in [1.165, 1.54) is 0 Å². The maximum atomic E-state index is 9.90. The molecule has 0 bridgehead atoms. The summed E-state index contributed by atoms with van der Waals surface area (Å²) in [6, 6.07) is 0. The summed E-state index contributed by atoms with van der Waals surface area (Å²) in [7, 11) is 0. The number of carbonyl (C=O) groups excluding carboxylic acids is 1. The van der Waals surface area contributed by atoms with E-state index < -0.39 is 0 Å². The minimum Gasteiger partial charge on any atom is -0.302 e. The lowest BCUT2D eigenvalue weighted by Gasteiger charge is -1.83. The van der Waals surface area contributed by atoms with Gasteiger partial charge >= 0.3 is 0 Å². The van der Waals surface area contributed by atoms with Crippen molar-refractivity contribution in [2.24, 2.45) is 5.92 Å². The molecule has 0 spiro atoms. The molecule has 0 saturated heterocycles. The molecular formula is C6H6O. The van der Waals surface area contributed by atoms with Crippen molar-refractivity contribution in [3.8, 4) is 0 Å². The van der Waals surface area contributed by atoms with E-state index in [9.17, 15) is 4.79 Å². The third-order valence-corrected chi connectivity index (χ3v) is 0.935. The van der Waals surface area contributed by atoms with Crippen molar-refractivity contribution in [1.29, 1.82) is 0 Å². The predicted molar refractivity (Wildman–Crippen MR) is 27.8 cm³/mol. The minimum absolute atomic E-state index is 0.0556. The van der Waals surface area contributed by atoms with Crippen LogP contribution in [0.2, 0.25) is 0 Å². The monoisotopic (exact) mass is 94.0 g/mol. The molecule has 0 aliphatic heterocycles. The second-order valence-corrected chi connectivity index (χ2v) is 1.48. The Morgan fingerprint density at radius 1 is 1.29 bits per heavy atom. The van der Waals surface area contributed by atoms with E-state index in [0.717, 1.165) is 6.29 Å². The molecular weight excluding hydrogens is 88.1 g/mol. The van der Waals surface area contributed by atoms with Gasteiger partial charge in [-0.3, -0.25) is 0 Å². The largest absolute Gasteiger partial charge is 0.302 e. The van der Waals surface area contributed by atoms with Gasteiger partial charge in [0.25, 0.3) is 0 Å². The molecule has 1 aliphatic carbocycles. The second-order valence-electron chi connectivity index (χ2n) is 1.48. The fourth-order valence-corrected chi connectivity index (χ4v) is 0.540. The normalized spacial score (nSPS) is 18.3. The second kappa shape index (κ2) is 1.73. The van der Waals surface area contributed by atoms with Crippen LogP contribution in [0.4, 0.5) is 0 Å². The van der Waals surface area contributed by atoms with Crippen LogP contribution in [0.15, 0.2) is 24.3 Å². The number of rotatable bonds is 1. The summed E-state index contributed by atoms with van der Waals surface area (Å²) >= 11 is 0. The summed E-state index contributed by atoms with van der Waals surface area (Å²) in [5.74, 6) is 0.0556. The van der Waals surface area contributed by atoms with Crippen LogP contribution in [-0.2, 0) is 4.79 Å². The van der Waals surface area contributed by atoms with Gasteiger partial charge in [0.1, 0.15) is 6.29 Å². The predicted octanol–water partition coefficient (Wildman–Crippen LogP) is 0.927. The molecule has 0 atom stereocenters. The minimum atomic E-state index is 0.0556. The Bertz CT molecular complexity index is 110. The van der Waals surface area contributed by atoms with Crippen LogP contribution in [0.5, 0.6) is 0 Å². The van der Waals surface area contributed by atoms with Gasteiger partial charge in [0, 0.05) is 0 Å². The van der Waals surface area contributed by atoms with Crippen LogP contribution >= 0.6 is 0 Å².